The highest BCUT2D eigenvalue weighted by atomic mass is 79.9. The molecule has 164 valence electrons. The van der Waals surface area contributed by atoms with E-state index in [1.165, 1.54) is 5.56 Å². The van der Waals surface area contributed by atoms with Crippen LogP contribution in [0.15, 0.2) is 65.4 Å². The highest BCUT2D eigenvalue weighted by Gasteiger charge is 2.21. The summed E-state index contributed by atoms with van der Waals surface area (Å²) in [7, 11) is 0. The molecule has 0 spiro atoms. The number of aromatic nitrogens is 4. The predicted octanol–water partition coefficient (Wildman–Crippen LogP) is 5.06. The summed E-state index contributed by atoms with van der Waals surface area (Å²) in [5.41, 5.74) is 9.78. The van der Waals surface area contributed by atoms with Gasteiger partial charge in [0.15, 0.2) is 17.0 Å². The van der Waals surface area contributed by atoms with Crippen LogP contribution in [0, 0.1) is 0 Å². The number of nitrogens with two attached hydrogens (primary N) is 1. The Labute approximate surface area is 195 Å². The van der Waals surface area contributed by atoms with Crippen LogP contribution in [0.3, 0.4) is 0 Å². The van der Waals surface area contributed by atoms with Crippen LogP contribution in [0.5, 0.6) is 0 Å². The standard InChI is InChI=1S/C24H26BrN7/c25-17-6-10-19(11-7-17)28-22-21-23(32(15-27-21)14-16-4-2-1-3-5-16)31-24(30-22)29-20-12-8-18(26)9-13-20/h1-7,10-11,15,18,20H,8-9,12-14,26H2,(H2,28,29,30,31). The zero-order valence-electron chi connectivity index (χ0n) is 17.7. The van der Waals surface area contributed by atoms with Gasteiger partial charge in [0, 0.05) is 22.2 Å². The molecule has 1 fully saturated rings. The first-order valence-corrected chi connectivity index (χ1v) is 11.7. The van der Waals surface area contributed by atoms with Gasteiger partial charge in [0.2, 0.25) is 5.95 Å². The second kappa shape index (κ2) is 9.26. The van der Waals surface area contributed by atoms with Gasteiger partial charge >= 0.3 is 0 Å². The monoisotopic (exact) mass is 491 g/mol. The Hall–Kier alpha value is -2.97. The molecule has 0 aliphatic heterocycles. The van der Waals surface area contributed by atoms with Crippen LogP contribution in [-0.4, -0.2) is 31.6 Å². The maximum Gasteiger partial charge on any atom is 0.227 e. The Morgan fingerprint density at radius 1 is 0.969 bits per heavy atom. The van der Waals surface area contributed by atoms with Crippen molar-refractivity contribution in [3.05, 3.63) is 71.0 Å². The number of hydrogen-bond acceptors (Lipinski definition) is 6. The first-order valence-electron chi connectivity index (χ1n) is 11.0. The summed E-state index contributed by atoms with van der Waals surface area (Å²) in [5, 5.41) is 6.97. The van der Waals surface area contributed by atoms with E-state index in [9.17, 15) is 0 Å². The van der Waals surface area contributed by atoms with Crippen LogP contribution in [0.25, 0.3) is 11.2 Å². The molecular formula is C24H26BrN7. The lowest BCUT2D eigenvalue weighted by Crippen LogP contribution is -2.33. The minimum absolute atomic E-state index is 0.304. The Balaban J connectivity index is 1.50. The average molecular weight is 492 g/mol. The van der Waals surface area contributed by atoms with E-state index in [0.29, 0.717) is 30.4 Å². The summed E-state index contributed by atoms with van der Waals surface area (Å²) in [5.74, 6) is 1.31. The van der Waals surface area contributed by atoms with E-state index in [-0.39, 0.29) is 0 Å². The molecule has 5 rings (SSSR count). The van der Waals surface area contributed by atoms with Crippen LogP contribution in [0.1, 0.15) is 31.2 Å². The molecule has 7 nitrogen and oxygen atoms in total. The fraction of sp³-hybridized carbons (Fsp3) is 0.292. The van der Waals surface area contributed by atoms with Crippen LogP contribution in [0.2, 0.25) is 0 Å². The molecule has 2 aromatic carbocycles. The van der Waals surface area contributed by atoms with Gasteiger partial charge in [0.05, 0.1) is 12.9 Å². The van der Waals surface area contributed by atoms with Crippen molar-refractivity contribution in [2.24, 2.45) is 5.73 Å². The van der Waals surface area contributed by atoms with Crippen molar-refractivity contribution in [1.82, 2.24) is 19.5 Å². The number of anilines is 3. The van der Waals surface area contributed by atoms with E-state index in [2.05, 4.69) is 48.2 Å². The van der Waals surface area contributed by atoms with E-state index < -0.39 is 0 Å². The predicted molar refractivity (Wildman–Crippen MR) is 132 cm³/mol. The summed E-state index contributed by atoms with van der Waals surface area (Å²) in [6, 6.07) is 19.0. The smallest absolute Gasteiger partial charge is 0.227 e. The number of benzene rings is 2. The lowest BCUT2D eigenvalue weighted by Gasteiger charge is -2.26. The van der Waals surface area contributed by atoms with Crippen LogP contribution in [-0.2, 0) is 6.54 Å². The molecule has 0 radical (unpaired) electrons. The maximum atomic E-state index is 6.08. The summed E-state index contributed by atoms with van der Waals surface area (Å²) < 4.78 is 3.10. The summed E-state index contributed by atoms with van der Waals surface area (Å²) in [6.07, 6.45) is 5.94. The largest absolute Gasteiger partial charge is 0.351 e. The van der Waals surface area contributed by atoms with Crippen molar-refractivity contribution in [1.29, 1.82) is 0 Å². The van der Waals surface area contributed by atoms with E-state index >= 15 is 0 Å². The summed E-state index contributed by atoms with van der Waals surface area (Å²) in [4.78, 5) is 14.3. The number of rotatable bonds is 6. The van der Waals surface area contributed by atoms with Gasteiger partial charge in [-0.15, -0.1) is 0 Å². The molecule has 0 atom stereocenters. The molecule has 4 aromatic rings. The van der Waals surface area contributed by atoms with Gasteiger partial charge in [-0.1, -0.05) is 46.3 Å². The zero-order valence-corrected chi connectivity index (χ0v) is 19.3. The lowest BCUT2D eigenvalue weighted by molar-refractivity contribution is 0.410. The second-order valence-electron chi connectivity index (χ2n) is 8.31. The van der Waals surface area contributed by atoms with Crippen molar-refractivity contribution >= 4 is 44.5 Å². The number of fused-ring (bicyclic) bond motifs is 1. The van der Waals surface area contributed by atoms with Gasteiger partial charge in [0.1, 0.15) is 0 Å². The highest BCUT2D eigenvalue weighted by Crippen LogP contribution is 2.27. The molecule has 1 aliphatic carbocycles. The SMILES string of the molecule is NC1CCC(Nc2nc(Nc3ccc(Br)cc3)c3ncn(Cc4ccccc4)c3n2)CC1. The van der Waals surface area contributed by atoms with Crippen LogP contribution < -0.4 is 16.4 Å². The van der Waals surface area contributed by atoms with Gasteiger partial charge in [0.25, 0.3) is 0 Å². The van der Waals surface area contributed by atoms with Crippen LogP contribution in [0.4, 0.5) is 17.5 Å². The molecule has 1 aliphatic rings. The fourth-order valence-electron chi connectivity index (χ4n) is 4.11. The molecule has 0 unspecified atom stereocenters. The second-order valence-corrected chi connectivity index (χ2v) is 9.23. The molecular weight excluding hydrogens is 466 g/mol. The number of nitrogens with zero attached hydrogens (tertiary/aromatic N) is 4. The molecule has 0 bridgehead atoms. The quantitative estimate of drug-likeness (QED) is 0.348. The molecule has 0 amide bonds. The van der Waals surface area contributed by atoms with Crippen molar-refractivity contribution in [3.63, 3.8) is 0 Å². The Morgan fingerprint density at radius 3 is 2.47 bits per heavy atom. The van der Waals surface area contributed by atoms with Crippen molar-refractivity contribution in [2.45, 2.75) is 44.3 Å². The molecule has 1 saturated carbocycles. The Morgan fingerprint density at radius 2 is 1.72 bits per heavy atom. The first-order chi connectivity index (χ1) is 15.6. The first kappa shape index (κ1) is 20.9. The van der Waals surface area contributed by atoms with Crippen molar-refractivity contribution < 1.29 is 0 Å². The third-order valence-corrected chi connectivity index (χ3v) is 6.40. The molecule has 0 saturated heterocycles. The van der Waals surface area contributed by atoms with Crippen molar-refractivity contribution in [3.8, 4) is 0 Å². The third kappa shape index (κ3) is 4.76. The van der Waals surface area contributed by atoms with E-state index in [4.69, 9.17) is 15.7 Å². The van der Waals surface area contributed by atoms with Gasteiger partial charge in [-0.3, -0.25) is 0 Å². The van der Waals surface area contributed by atoms with E-state index in [1.54, 1.807) is 0 Å². The lowest BCUT2D eigenvalue weighted by atomic mass is 9.92. The summed E-state index contributed by atoms with van der Waals surface area (Å²) >= 11 is 3.49. The Bertz CT molecular complexity index is 1180. The van der Waals surface area contributed by atoms with E-state index in [0.717, 1.165) is 47.0 Å². The molecule has 4 N–H and O–H groups in total. The summed E-state index contributed by atoms with van der Waals surface area (Å²) in [6.45, 7) is 0.698. The zero-order chi connectivity index (χ0) is 21.9. The normalized spacial score (nSPS) is 18.6. The fourth-order valence-corrected chi connectivity index (χ4v) is 4.37. The number of imidazole rings is 1. The third-order valence-electron chi connectivity index (χ3n) is 5.87. The number of nitrogens with one attached hydrogen (secondary N) is 2. The van der Waals surface area contributed by atoms with Gasteiger partial charge in [-0.25, -0.2) is 4.98 Å². The number of hydrogen-bond donors (Lipinski definition) is 3. The highest BCUT2D eigenvalue weighted by molar-refractivity contribution is 9.10. The van der Waals surface area contributed by atoms with Crippen molar-refractivity contribution in [2.75, 3.05) is 10.6 Å². The van der Waals surface area contributed by atoms with Gasteiger partial charge in [-0.2, -0.15) is 9.97 Å². The molecule has 8 heteroatoms. The van der Waals surface area contributed by atoms with Gasteiger partial charge in [-0.05, 0) is 55.5 Å². The minimum atomic E-state index is 0.304. The molecule has 2 heterocycles. The van der Waals surface area contributed by atoms with Crippen LogP contribution >= 0.6 is 15.9 Å². The van der Waals surface area contributed by atoms with E-state index in [1.807, 2.05) is 48.8 Å². The van der Waals surface area contributed by atoms with Gasteiger partial charge < -0.3 is 20.9 Å². The Kier molecular flexibility index (Phi) is 6.05. The molecule has 2 aromatic heterocycles. The topological polar surface area (TPSA) is 93.7 Å². The average Bonchev–Trinajstić information content (AvgIpc) is 3.20. The minimum Gasteiger partial charge on any atom is -0.351 e. The maximum absolute atomic E-state index is 6.08. The number of halogens is 1. The molecule has 32 heavy (non-hydrogen) atoms.